The molecule has 36 heavy (non-hydrogen) atoms. The molecule has 0 aliphatic rings. The van der Waals surface area contributed by atoms with Crippen molar-refractivity contribution in [1.82, 2.24) is 19.9 Å². The lowest BCUT2D eigenvalue weighted by Crippen LogP contribution is -2.15. The maximum Gasteiger partial charge on any atom is 0.328 e. The van der Waals surface area contributed by atoms with Gasteiger partial charge in [0.05, 0.1) is 18.6 Å². The SMILES string of the molecule is CC(C)C(c1noc2ccc(Cl)cc12)n1ccnc1.O=C(O)C=CC(=O)O.c1ccc2oncc2c1. The van der Waals surface area contributed by atoms with E-state index in [0.717, 1.165) is 27.6 Å². The number of para-hydroxylation sites is 1. The van der Waals surface area contributed by atoms with Crippen molar-refractivity contribution in [2.45, 2.75) is 19.9 Å². The van der Waals surface area contributed by atoms with E-state index in [1.165, 1.54) is 0 Å². The van der Waals surface area contributed by atoms with E-state index in [9.17, 15) is 9.59 Å². The molecule has 3 heterocycles. The minimum atomic E-state index is -1.26. The van der Waals surface area contributed by atoms with E-state index >= 15 is 0 Å². The van der Waals surface area contributed by atoms with E-state index in [0.29, 0.717) is 23.1 Å². The van der Waals surface area contributed by atoms with Crippen molar-refractivity contribution < 1.29 is 28.8 Å². The summed E-state index contributed by atoms with van der Waals surface area (Å²) in [6.45, 7) is 4.30. The van der Waals surface area contributed by atoms with Crippen molar-refractivity contribution in [1.29, 1.82) is 0 Å². The molecule has 2 aromatic carbocycles. The van der Waals surface area contributed by atoms with Gasteiger partial charge >= 0.3 is 11.9 Å². The zero-order valence-electron chi connectivity index (χ0n) is 19.4. The molecule has 5 aromatic rings. The fourth-order valence-corrected chi connectivity index (χ4v) is 3.50. The number of aromatic nitrogens is 4. The van der Waals surface area contributed by atoms with Crippen LogP contribution in [0.2, 0.25) is 5.02 Å². The lowest BCUT2D eigenvalue weighted by molar-refractivity contribution is -0.134. The molecule has 0 bridgehead atoms. The molecule has 0 radical (unpaired) electrons. The minimum Gasteiger partial charge on any atom is -0.478 e. The summed E-state index contributed by atoms with van der Waals surface area (Å²) >= 11 is 6.07. The highest BCUT2D eigenvalue weighted by molar-refractivity contribution is 6.31. The number of benzene rings is 2. The zero-order chi connectivity index (χ0) is 26.1. The van der Waals surface area contributed by atoms with Gasteiger partial charge in [-0.15, -0.1) is 0 Å². The van der Waals surface area contributed by atoms with Gasteiger partial charge < -0.3 is 23.8 Å². The van der Waals surface area contributed by atoms with Gasteiger partial charge in [0.25, 0.3) is 0 Å². The summed E-state index contributed by atoms with van der Waals surface area (Å²) in [4.78, 5) is 23.2. The van der Waals surface area contributed by atoms with E-state index in [-0.39, 0.29) is 6.04 Å². The number of carbonyl (C=O) groups is 2. The second-order valence-corrected chi connectivity index (χ2v) is 8.22. The van der Waals surface area contributed by atoms with E-state index in [1.807, 2.05) is 47.2 Å². The molecule has 0 fully saturated rings. The quantitative estimate of drug-likeness (QED) is 0.294. The van der Waals surface area contributed by atoms with Crippen LogP contribution in [0.5, 0.6) is 0 Å². The number of hydrogen-bond donors (Lipinski definition) is 2. The summed E-state index contributed by atoms with van der Waals surface area (Å²) in [6.07, 6.45) is 8.33. The van der Waals surface area contributed by atoms with E-state index in [2.05, 4.69) is 29.1 Å². The van der Waals surface area contributed by atoms with Crippen LogP contribution in [0.15, 0.2) is 88.6 Å². The molecule has 10 nitrogen and oxygen atoms in total. The second-order valence-electron chi connectivity index (χ2n) is 7.78. The summed E-state index contributed by atoms with van der Waals surface area (Å²) in [6, 6.07) is 13.4. The summed E-state index contributed by atoms with van der Waals surface area (Å²) in [5.41, 5.74) is 2.49. The topological polar surface area (TPSA) is 144 Å². The first-order valence-electron chi connectivity index (χ1n) is 10.7. The third kappa shape index (κ3) is 7.03. The maximum absolute atomic E-state index is 9.55. The van der Waals surface area contributed by atoms with Crippen LogP contribution in [0.4, 0.5) is 0 Å². The normalized spacial score (nSPS) is 11.7. The number of imidazole rings is 1. The van der Waals surface area contributed by atoms with Gasteiger partial charge in [-0.2, -0.15) is 0 Å². The second kappa shape index (κ2) is 12.3. The molecule has 0 amide bonds. The zero-order valence-corrected chi connectivity index (χ0v) is 20.1. The number of fused-ring (bicyclic) bond motifs is 2. The van der Waals surface area contributed by atoms with Crippen molar-refractivity contribution in [2.75, 3.05) is 0 Å². The molecule has 1 unspecified atom stereocenters. The number of nitrogens with zero attached hydrogens (tertiary/aromatic N) is 4. The largest absolute Gasteiger partial charge is 0.478 e. The highest BCUT2D eigenvalue weighted by Gasteiger charge is 2.23. The van der Waals surface area contributed by atoms with Crippen molar-refractivity contribution in [3.8, 4) is 0 Å². The van der Waals surface area contributed by atoms with Gasteiger partial charge in [0.1, 0.15) is 5.69 Å². The van der Waals surface area contributed by atoms with Gasteiger partial charge in [-0.05, 0) is 36.2 Å². The van der Waals surface area contributed by atoms with Crippen LogP contribution >= 0.6 is 11.6 Å². The van der Waals surface area contributed by atoms with Gasteiger partial charge in [-0.25, -0.2) is 14.6 Å². The third-order valence-electron chi connectivity index (χ3n) is 4.85. The Hall–Kier alpha value is -4.44. The first-order valence-corrected chi connectivity index (χ1v) is 11.1. The van der Waals surface area contributed by atoms with Crippen LogP contribution in [0.3, 0.4) is 0 Å². The highest BCUT2D eigenvalue weighted by Crippen LogP contribution is 2.32. The first kappa shape index (κ1) is 26.2. The Kier molecular flexibility index (Phi) is 8.95. The smallest absolute Gasteiger partial charge is 0.328 e. The van der Waals surface area contributed by atoms with Gasteiger partial charge in [-0.1, -0.05) is 47.9 Å². The number of carboxylic acids is 2. The fraction of sp³-hybridized carbons (Fsp3) is 0.160. The molecule has 0 spiro atoms. The number of halogens is 1. The Morgan fingerprint density at radius 3 is 2.36 bits per heavy atom. The molecule has 0 aliphatic carbocycles. The van der Waals surface area contributed by atoms with Crippen LogP contribution in [0.25, 0.3) is 21.9 Å². The summed E-state index contributed by atoms with van der Waals surface area (Å²) in [5, 5.41) is 26.2. The molecule has 0 aliphatic heterocycles. The van der Waals surface area contributed by atoms with Crippen LogP contribution in [0.1, 0.15) is 25.6 Å². The van der Waals surface area contributed by atoms with Crippen molar-refractivity contribution in [3.05, 3.63) is 90.3 Å². The predicted octanol–water partition coefficient (Wildman–Crippen LogP) is 5.46. The van der Waals surface area contributed by atoms with E-state index in [4.69, 9.17) is 30.9 Å². The molecular weight excluding hydrogens is 488 g/mol. The average molecular weight is 511 g/mol. The van der Waals surface area contributed by atoms with Gasteiger partial charge in [0, 0.05) is 40.3 Å². The Morgan fingerprint density at radius 1 is 1.03 bits per heavy atom. The van der Waals surface area contributed by atoms with Crippen LogP contribution in [-0.4, -0.2) is 42.0 Å². The average Bonchev–Trinajstić information content (AvgIpc) is 3.60. The van der Waals surface area contributed by atoms with Crippen LogP contribution in [-0.2, 0) is 9.59 Å². The number of aliphatic carboxylic acids is 2. The van der Waals surface area contributed by atoms with Crippen molar-refractivity contribution >= 4 is 45.5 Å². The molecule has 0 saturated heterocycles. The standard InChI is InChI=1S/C14H14ClN3O.C7H5NO.C4H4O4/c1-9(2)14(18-6-5-16-8-18)13-11-7-10(15)3-4-12(11)19-17-13;1-2-4-7-6(3-1)5-8-9-7;5-3(6)1-2-4(7)8/h3-9,14H,1-2H3;1-5H;1-2H,(H,5,6)(H,7,8). The monoisotopic (exact) mass is 510 g/mol. The molecule has 11 heteroatoms. The summed E-state index contributed by atoms with van der Waals surface area (Å²) in [7, 11) is 0. The van der Waals surface area contributed by atoms with Gasteiger partial charge in [0.15, 0.2) is 11.2 Å². The Balaban J connectivity index is 0.000000176. The lowest BCUT2D eigenvalue weighted by Gasteiger charge is -2.20. The molecule has 186 valence electrons. The van der Waals surface area contributed by atoms with Crippen molar-refractivity contribution in [3.63, 3.8) is 0 Å². The lowest BCUT2D eigenvalue weighted by atomic mass is 9.98. The van der Waals surface area contributed by atoms with E-state index in [1.54, 1.807) is 24.8 Å². The maximum atomic E-state index is 9.55. The Labute approximate surface area is 210 Å². The van der Waals surface area contributed by atoms with Gasteiger partial charge in [0.2, 0.25) is 0 Å². The predicted molar refractivity (Wildman–Crippen MR) is 133 cm³/mol. The number of hydrogen-bond acceptors (Lipinski definition) is 7. The summed E-state index contributed by atoms with van der Waals surface area (Å²) in [5.74, 6) is -2.15. The molecule has 0 saturated carbocycles. The third-order valence-corrected chi connectivity index (χ3v) is 5.08. The van der Waals surface area contributed by atoms with E-state index < -0.39 is 11.9 Å². The number of rotatable bonds is 5. The Bertz CT molecular complexity index is 1410. The molecule has 5 rings (SSSR count). The van der Waals surface area contributed by atoms with Crippen LogP contribution < -0.4 is 0 Å². The first-order chi connectivity index (χ1) is 17.3. The molecule has 3 aromatic heterocycles. The van der Waals surface area contributed by atoms with Gasteiger partial charge in [-0.3, -0.25) is 0 Å². The summed E-state index contributed by atoms with van der Waals surface area (Å²) < 4.78 is 12.3. The molecular formula is C25H23ClN4O6. The highest BCUT2D eigenvalue weighted by atomic mass is 35.5. The minimum absolute atomic E-state index is 0.0854. The van der Waals surface area contributed by atoms with Crippen molar-refractivity contribution in [2.24, 2.45) is 5.92 Å². The molecule has 1 atom stereocenters. The Morgan fingerprint density at radius 2 is 1.75 bits per heavy atom. The van der Waals surface area contributed by atoms with Crippen LogP contribution in [0, 0.1) is 5.92 Å². The number of carboxylic acid groups (broad SMARTS) is 2. The molecule has 2 N–H and O–H groups in total. The fourth-order valence-electron chi connectivity index (χ4n) is 3.33.